The predicted molar refractivity (Wildman–Crippen MR) is 99.0 cm³/mol. The molecule has 3 rings (SSSR count). The zero-order valence-corrected chi connectivity index (χ0v) is 14.5. The van der Waals surface area contributed by atoms with E-state index in [1.165, 1.54) is 11.1 Å². The van der Waals surface area contributed by atoms with Crippen LogP contribution in [0.2, 0.25) is 0 Å². The normalized spacial score (nSPS) is 23.3. The second kappa shape index (κ2) is 7.24. The fourth-order valence-corrected chi connectivity index (χ4v) is 4.08. The van der Waals surface area contributed by atoms with Crippen molar-refractivity contribution < 1.29 is 4.79 Å². The van der Waals surface area contributed by atoms with E-state index >= 15 is 0 Å². The molecule has 120 valence electrons. The molecule has 0 N–H and O–H groups in total. The summed E-state index contributed by atoms with van der Waals surface area (Å²) in [5.74, 6) is 0.250. The second-order valence-corrected chi connectivity index (χ2v) is 7.14. The third kappa shape index (κ3) is 3.62. The number of Topliss-reactive ketones (excluding diaryl/α,β-unsaturated/α-hetero) is 1. The number of carbonyl (C=O) groups excluding carboxylic acids is 1. The van der Waals surface area contributed by atoms with Crippen molar-refractivity contribution in [1.29, 1.82) is 0 Å². The van der Waals surface area contributed by atoms with Crippen LogP contribution in [-0.2, 0) is 0 Å². The molecule has 3 heteroatoms. The van der Waals surface area contributed by atoms with Crippen LogP contribution in [-0.4, -0.2) is 30.8 Å². The molecule has 2 aliphatic rings. The molecule has 1 aromatic heterocycles. The number of allylic oxidation sites excluding steroid dienone is 6. The number of carbonyl (C=O) groups is 1. The topological polar surface area (TPSA) is 20.3 Å². The Morgan fingerprint density at radius 3 is 2.74 bits per heavy atom. The largest absolute Gasteiger partial charge is 0.306 e. The maximum atomic E-state index is 12.6. The van der Waals surface area contributed by atoms with Gasteiger partial charge in [-0.2, -0.15) is 0 Å². The van der Waals surface area contributed by atoms with Crippen molar-refractivity contribution in [1.82, 2.24) is 4.90 Å². The van der Waals surface area contributed by atoms with Crippen molar-refractivity contribution in [3.63, 3.8) is 0 Å². The van der Waals surface area contributed by atoms with E-state index in [1.807, 2.05) is 17.5 Å². The summed E-state index contributed by atoms with van der Waals surface area (Å²) in [7, 11) is 2.16. The van der Waals surface area contributed by atoms with Crippen LogP contribution in [0, 0.1) is 0 Å². The molecule has 0 saturated carbocycles. The third-order valence-corrected chi connectivity index (χ3v) is 5.49. The molecule has 0 unspecified atom stereocenters. The molecule has 0 spiro atoms. The van der Waals surface area contributed by atoms with E-state index in [2.05, 4.69) is 36.7 Å². The second-order valence-electron chi connectivity index (χ2n) is 6.22. The molecule has 0 atom stereocenters. The molecule has 2 nitrogen and oxygen atoms in total. The van der Waals surface area contributed by atoms with Gasteiger partial charge in [-0.1, -0.05) is 36.5 Å². The quantitative estimate of drug-likeness (QED) is 0.678. The van der Waals surface area contributed by atoms with Crippen LogP contribution >= 0.6 is 11.3 Å². The maximum Gasteiger partial charge on any atom is 0.173 e. The number of ketones is 1. The van der Waals surface area contributed by atoms with E-state index in [4.69, 9.17) is 0 Å². The van der Waals surface area contributed by atoms with E-state index in [-0.39, 0.29) is 5.78 Å². The van der Waals surface area contributed by atoms with Gasteiger partial charge < -0.3 is 4.90 Å². The summed E-state index contributed by atoms with van der Waals surface area (Å²) in [6.45, 7) is 6.44. The smallest absolute Gasteiger partial charge is 0.173 e. The van der Waals surface area contributed by atoms with Gasteiger partial charge in [0.15, 0.2) is 5.78 Å². The number of hydrogen-bond donors (Lipinski definition) is 0. The Labute approximate surface area is 142 Å². The number of thiophene rings is 1. The van der Waals surface area contributed by atoms with Crippen molar-refractivity contribution in [2.45, 2.75) is 25.7 Å². The molecule has 1 aliphatic heterocycles. The van der Waals surface area contributed by atoms with Gasteiger partial charge in [0.1, 0.15) is 0 Å². The van der Waals surface area contributed by atoms with Crippen molar-refractivity contribution >= 4 is 22.7 Å². The molecule has 2 heterocycles. The summed E-state index contributed by atoms with van der Waals surface area (Å²) in [4.78, 5) is 15.8. The molecule has 1 saturated heterocycles. The molecule has 23 heavy (non-hydrogen) atoms. The molecular formula is C20H23NOS. The first-order chi connectivity index (χ1) is 11.2. The first-order valence-corrected chi connectivity index (χ1v) is 9.09. The average molecular weight is 325 g/mol. The molecule has 0 amide bonds. The highest BCUT2D eigenvalue weighted by Crippen LogP contribution is 2.36. The number of hydrogen-bond acceptors (Lipinski definition) is 3. The minimum atomic E-state index is 0.250. The van der Waals surface area contributed by atoms with Crippen LogP contribution in [0.25, 0.3) is 5.57 Å². The first-order valence-electron chi connectivity index (χ1n) is 8.21. The summed E-state index contributed by atoms with van der Waals surface area (Å²) in [6.07, 6.45) is 11.7. The summed E-state index contributed by atoms with van der Waals surface area (Å²) in [6, 6.07) is 2.10. The van der Waals surface area contributed by atoms with Gasteiger partial charge in [0.05, 0.1) is 4.88 Å². The summed E-state index contributed by atoms with van der Waals surface area (Å²) in [5.41, 5.74) is 4.75. The molecule has 0 aromatic carbocycles. The van der Waals surface area contributed by atoms with Crippen molar-refractivity contribution in [3.8, 4) is 0 Å². The number of piperidine rings is 1. The summed E-state index contributed by atoms with van der Waals surface area (Å²) < 4.78 is 0. The maximum absolute atomic E-state index is 12.6. The van der Waals surface area contributed by atoms with Gasteiger partial charge in [0.2, 0.25) is 0 Å². The molecule has 0 bridgehead atoms. The van der Waals surface area contributed by atoms with E-state index < -0.39 is 0 Å². The van der Waals surface area contributed by atoms with Gasteiger partial charge in [0.25, 0.3) is 0 Å². The fraction of sp³-hybridized carbons (Fsp3) is 0.350. The fourth-order valence-electron chi connectivity index (χ4n) is 3.21. The van der Waals surface area contributed by atoms with Gasteiger partial charge in [-0.15, -0.1) is 11.3 Å². The first kappa shape index (κ1) is 16.2. The molecule has 1 fully saturated rings. The lowest BCUT2D eigenvalue weighted by atomic mass is 9.88. The van der Waals surface area contributed by atoms with Crippen molar-refractivity contribution in [2.75, 3.05) is 20.1 Å². The Balaban J connectivity index is 2.10. The third-order valence-electron chi connectivity index (χ3n) is 4.54. The van der Waals surface area contributed by atoms with Crippen molar-refractivity contribution in [3.05, 3.63) is 63.9 Å². The Bertz CT molecular complexity index is 695. The molecule has 1 aliphatic carbocycles. The van der Waals surface area contributed by atoms with Gasteiger partial charge in [-0.25, -0.2) is 0 Å². The minimum Gasteiger partial charge on any atom is -0.306 e. The van der Waals surface area contributed by atoms with Gasteiger partial charge in [-0.3, -0.25) is 4.79 Å². The lowest BCUT2D eigenvalue weighted by Crippen LogP contribution is -2.27. The highest BCUT2D eigenvalue weighted by atomic mass is 32.1. The Hall–Kier alpha value is -1.71. The average Bonchev–Trinajstić information content (AvgIpc) is 3.00. The Morgan fingerprint density at radius 1 is 1.17 bits per heavy atom. The lowest BCUT2D eigenvalue weighted by molar-refractivity contribution is 0.0987. The molecule has 1 aromatic rings. The standard InChI is InChI=1S/C20H23NOS/c1-15-7-5-3-4-6-8-18(22)20-17(11-14-23-20)19(15)16-9-12-21(2)13-10-16/h3-5,7,11,14H,1,6,8-10,12-13H2,2H3/b4-3-,7-5-. The van der Waals surface area contributed by atoms with E-state index in [0.29, 0.717) is 6.42 Å². The lowest BCUT2D eigenvalue weighted by Gasteiger charge is -2.27. The zero-order valence-electron chi connectivity index (χ0n) is 13.7. The molecular weight excluding hydrogens is 302 g/mol. The highest BCUT2D eigenvalue weighted by Gasteiger charge is 2.22. The van der Waals surface area contributed by atoms with Gasteiger partial charge in [0, 0.05) is 25.1 Å². The monoisotopic (exact) mass is 325 g/mol. The Kier molecular flexibility index (Phi) is 5.09. The SMILES string of the molecule is C=C1/C=C\C=C/CCC(=O)c2sccc2C1=C1CCN(C)CC1. The predicted octanol–water partition coefficient (Wildman–Crippen LogP) is 4.87. The number of likely N-dealkylation sites (tertiary alicyclic amines) is 1. The van der Waals surface area contributed by atoms with E-state index in [9.17, 15) is 4.79 Å². The number of nitrogens with zero attached hydrogens (tertiary/aromatic N) is 1. The summed E-state index contributed by atoms with van der Waals surface area (Å²) in [5, 5.41) is 2.04. The highest BCUT2D eigenvalue weighted by molar-refractivity contribution is 7.12. The van der Waals surface area contributed by atoms with Crippen LogP contribution in [0.4, 0.5) is 0 Å². The van der Waals surface area contributed by atoms with Crippen LogP contribution in [0.5, 0.6) is 0 Å². The van der Waals surface area contributed by atoms with Gasteiger partial charge >= 0.3 is 0 Å². The number of rotatable bonds is 0. The number of fused-ring (bicyclic) bond motifs is 1. The van der Waals surface area contributed by atoms with Crippen LogP contribution in [0.15, 0.2) is 53.5 Å². The van der Waals surface area contributed by atoms with E-state index in [1.54, 1.807) is 11.3 Å². The summed E-state index contributed by atoms with van der Waals surface area (Å²) >= 11 is 1.57. The molecule has 0 radical (unpaired) electrons. The van der Waals surface area contributed by atoms with Crippen LogP contribution in [0.3, 0.4) is 0 Å². The van der Waals surface area contributed by atoms with E-state index in [0.717, 1.165) is 48.4 Å². The van der Waals surface area contributed by atoms with Crippen LogP contribution < -0.4 is 0 Å². The minimum absolute atomic E-state index is 0.250. The van der Waals surface area contributed by atoms with Crippen LogP contribution in [0.1, 0.15) is 40.9 Å². The van der Waals surface area contributed by atoms with Crippen molar-refractivity contribution in [2.24, 2.45) is 0 Å². The zero-order chi connectivity index (χ0) is 16.2. The van der Waals surface area contributed by atoms with Gasteiger partial charge in [-0.05, 0) is 48.9 Å². The Morgan fingerprint density at radius 2 is 1.96 bits per heavy atom.